The molecule has 0 aliphatic heterocycles. The van der Waals surface area contributed by atoms with Gasteiger partial charge in [0.05, 0.1) is 6.61 Å². The maximum absolute atomic E-state index is 12.0. The van der Waals surface area contributed by atoms with Gasteiger partial charge in [-0.1, -0.05) is 5.16 Å². The van der Waals surface area contributed by atoms with Gasteiger partial charge in [-0.15, -0.1) is 0 Å². The number of benzene rings is 1. The summed E-state index contributed by atoms with van der Waals surface area (Å²) in [5.41, 5.74) is 1.27. The summed E-state index contributed by atoms with van der Waals surface area (Å²) in [7, 11) is 0. The third kappa shape index (κ3) is 2.95. The van der Waals surface area contributed by atoms with Crippen molar-refractivity contribution in [1.29, 1.82) is 0 Å². The number of aromatic nitrogens is 2. The number of nitrogens with one attached hydrogen (secondary N) is 1. The van der Waals surface area contributed by atoms with Gasteiger partial charge in [-0.25, -0.2) is 0 Å². The topological polar surface area (TPSA) is 88.2 Å². The van der Waals surface area contributed by atoms with Crippen molar-refractivity contribution in [3.05, 3.63) is 35.7 Å². The molecule has 6 heteroatoms. The van der Waals surface area contributed by atoms with E-state index in [1.54, 1.807) is 31.2 Å². The lowest BCUT2D eigenvalue weighted by Gasteiger charge is -2.12. The van der Waals surface area contributed by atoms with Crippen LogP contribution in [0.25, 0.3) is 11.5 Å². The van der Waals surface area contributed by atoms with E-state index in [2.05, 4.69) is 15.5 Å². The Morgan fingerprint density at radius 3 is 2.62 bits per heavy atom. The molecular weight excluding hydrogens is 270 g/mol. The van der Waals surface area contributed by atoms with Gasteiger partial charge in [0.15, 0.2) is 5.82 Å². The van der Waals surface area contributed by atoms with Crippen LogP contribution in [-0.2, 0) is 0 Å². The number of hydrogen-bond acceptors (Lipinski definition) is 5. The highest BCUT2D eigenvalue weighted by Gasteiger charge is 2.42. The number of aliphatic hydroxyl groups is 1. The van der Waals surface area contributed by atoms with Crippen molar-refractivity contribution in [2.75, 3.05) is 13.2 Å². The number of rotatable bonds is 5. The second-order valence-electron chi connectivity index (χ2n) is 5.56. The van der Waals surface area contributed by atoms with Crippen LogP contribution in [0.4, 0.5) is 0 Å². The molecule has 1 saturated carbocycles. The minimum absolute atomic E-state index is 0.0864. The molecule has 6 nitrogen and oxygen atoms in total. The van der Waals surface area contributed by atoms with E-state index in [4.69, 9.17) is 4.52 Å². The van der Waals surface area contributed by atoms with Crippen molar-refractivity contribution in [3.8, 4) is 11.5 Å². The molecule has 1 amide bonds. The smallest absolute Gasteiger partial charge is 0.257 e. The van der Waals surface area contributed by atoms with Crippen LogP contribution in [-0.4, -0.2) is 34.3 Å². The fourth-order valence-electron chi connectivity index (χ4n) is 2.12. The molecular formula is C15H17N3O3. The summed E-state index contributed by atoms with van der Waals surface area (Å²) in [6.45, 7) is 2.40. The Hall–Kier alpha value is -2.21. The molecule has 0 unspecified atom stereocenters. The predicted molar refractivity (Wildman–Crippen MR) is 75.6 cm³/mol. The molecule has 1 aliphatic carbocycles. The highest BCUT2D eigenvalue weighted by molar-refractivity contribution is 5.94. The molecule has 0 saturated heterocycles. The largest absolute Gasteiger partial charge is 0.396 e. The van der Waals surface area contributed by atoms with Gasteiger partial charge < -0.3 is 14.9 Å². The van der Waals surface area contributed by atoms with Gasteiger partial charge in [0.2, 0.25) is 0 Å². The van der Waals surface area contributed by atoms with E-state index in [9.17, 15) is 9.90 Å². The lowest BCUT2D eigenvalue weighted by atomic mass is 10.1. The van der Waals surface area contributed by atoms with E-state index in [1.165, 1.54) is 0 Å². The third-order valence-electron chi connectivity index (χ3n) is 3.84. The van der Waals surface area contributed by atoms with Crippen LogP contribution in [0, 0.1) is 12.3 Å². The first-order valence-electron chi connectivity index (χ1n) is 6.92. The maximum atomic E-state index is 12.0. The van der Waals surface area contributed by atoms with Gasteiger partial charge in [-0.3, -0.25) is 4.79 Å². The molecule has 110 valence electrons. The first-order valence-corrected chi connectivity index (χ1v) is 6.92. The summed E-state index contributed by atoms with van der Waals surface area (Å²) in [5.74, 6) is 0.880. The van der Waals surface area contributed by atoms with Crippen LogP contribution in [0.15, 0.2) is 28.8 Å². The zero-order chi connectivity index (χ0) is 14.9. The molecule has 2 aromatic rings. The van der Waals surface area contributed by atoms with Crippen LogP contribution < -0.4 is 5.32 Å². The van der Waals surface area contributed by atoms with Crippen LogP contribution >= 0.6 is 0 Å². The Morgan fingerprint density at radius 2 is 2.10 bits per heavy atom. The Balaban J connectivity index is 1.65. The Morgan fingerprint density at radius 1 is 1.38 bits per heavy atom. The van der Waals surface area contributed by atoms with Gasteiger partial charge in [0.25, 0.3) is 11.8 Å². The molecule has 0 bridgehead atoms. The van der Waals surface area contributed by atoms with Crippen LogP contribution in [0.2, 0.25) is 0 Å². The summed E-state index contributed by atoms with van der Waals surface area (Å²) in [5, 5.41) is 15.8. The second kappa shape index (κ2) is 5.29. The first kappa shape index (κ1) is 13.8. The Kier molecular flexibility index (Phi) is 3.47. The number of aryl methyl sites for hydroxylation is 1. The molecule has 1 aromatic carbocycles. The van der Waals surface area contributed by atoms with Crippen LogP contribution in [0.3, 0.4) is 0 Å². The van der Waals surface area contributed by atoms with Crippen LogP contribution in [0.5, 0.6) is 0 Å². The van der Waals surface area contributed by atoms with Gasteiger partial charge in [0.1, 0.15) is 0 Å². The van der Waals surface area contributed by atoms with E-state index in [-0.39, 0.29) is 17.9 Å². The second-order valence-corrected chi connectivity index (χ2v) is 5.56. The summed E-state index contributed by atoms with van der Waals surface area (Å²) in [4.78, 5) is 16.2. The molecule has 0 radical (unpaired) electrons. The average molecular weight is 287 g/mol. The number of carbonyl (C=O) groups is 1. The number of nitrogens with zero attached hydrogens (tertiary/aromatic N) is 2. The molecule has 21 heavy (non-hydrogen) atoms. The zero-order valence-corrected chi connectivity index (χ0v) is 11.8. The zero-order valence-electron chi connectivity index (χ0n) is 11.8. The molecule has 1 fully saturated rings. The van der Waals surface area contributed by atoms with E-state index < -0.39 is 0 Å². The number of hydrogen-bond donors (Lipinski definition) is 2. The van der Waals surface area contributed by atoms with Crippen molar-refractivity contribution < 1.29 is 14.4 Å². The Bertz CT molecular complexity index is 644. The van der Waals surface area contributed by atoms with Crippen molar-refractivity contribution in [2.24, 2.45) is 5.41 Å². The number of carbonyl (C=O) groups excluding carboxylic acids is 1. The predicted octanol–water partition coefficient (Wildman–Crippen LogP) is 1.55. The van der Waals surface area contributed by atoms with Crippen molar-refractivity contribution in [2.45, 2.75) is 19.8 Å². The molecule has 1 heterocycles. The van der Waals surface area contributed by atoms with E-state index >= 15 is 0 Å². The molecule has 1 aromatic heterocycles. The van der Waals surface area contributed by atoms with Gasteiger partial charge in [-0.05, 0) is 44.0 Å². The van der Waals surface area contributed by atoms with E-state index in [0.29, 0.717) is 23.8 Å². The average Bonchev–Trinajstić information content (AvgIpc) is 3.18. The van der Waals surface area contributed by atoms with E-state index in [0.717, 1.165) is 18.4 Å². The fourth-order valence-corrected chi connectivity index (χ4v) is 2.12. The van der Waals surface area contributed by atoms with Crippen molar-refractivity contribution in [3.63, 3.8) is 0 Å². The Labute approximate surface area is 122 Å². The van der Waals surface area contributed by atoms with Gasteiger partial charge >= 0.3 is 0 Å². The van der Waals surface area contributed by atoms with Crippen molar-refractivity contribution in [1.82, 2.24) is 15.5 Å². The first-order chi connectivity index (χ1) is 10.1. The lowest BCUT2D eigenvalue weighted by molar-refractivity contribution is 0.0935. The monoisotopic (exact) mass is 287 g/mol. The van der Waals surface area contributed by atoms with Crippen LogP contribution in [0.1, 0.15) is 29.0 Å². The lowest BCUT2D eigenvalue weighted by Crippen LogP contribution is -2.31. The SMILES string of the molecule is Cc1noc(-c2ccc(C(=O)NCC3(CO)CC3)cc2)n1. The molecule has 0 spiro atoms. The molecule has 1 aliphatic rings. The standard InChI is InChI=1S/C15H17N3O3/c1-10-17-14(21-18-10)12-4-2-11(3-5-12)13(20)16-8-15(9-19)6-7-15/h2-5,19H,6-9H2,1H3,(H,16,20). The number of amides is 1. The maximum Gasteiger partial charge on any atom is 0.257 e. The quantitative estimate of drug-likeness (QED) is 0.871. The summed E-state index contributed by atoms with van der Waals surface area (Å²) in [6, 6.07) is 7.01. The van der Waals surface area contributed by atoms with Gasteiger partial charge in [0, 0.05) is 23.1 Å². The number of aliphatic hydroxyl groups excluding tert-OH is 1. The highest BCUT2D eigenvalue weighted by atomic mass is 16.5. The molecule has 0 atom stereocenters. The summed E-state index contributed by atoms with van der Waals surface area (Å²) >= 11 is 0. The highest BCUT2D eigenvalue weighted by Crippen LogP contribution is 2.44. The minimum Gasteiger partial charge on any atom is -0.396 e. The normalized spacial score (nSPS) is 15.7. The van der Waals surface area contributed by atoms with Crippen molar-refractivity contribution >= 4 is 5.91 Å². The summed E-state index contributed by atoms with van der Waals surface area (Å²) in [6.07, 6.45) is 1.94. The third-order valence-corrected chi connectivity index (χ3v) is 3.84. The minimum atomic E-state index is -0.136. The molecule has 3 rings (SSSR count). The van der Waals surface area contributed by atoms with Gasteiger partial charge in [-0.2, -0.15) is 4.98 Å². The van der Waals surface area contributed by atoms with E-state index in [1.807, 2.05) is 0 Å². The summed E-state index contributed by atoms with van der Waals surface area (Å²) < 4.78 is 5.08. The fraction of sp³-hybridized carbons (Fsp3) is 0.400. The molecule has 2 N–H and O–H groups in total.